The maximum Gasteiger partial charge on any atom is 0.229 e. The molecule has 0 aliphatic rings. The van der Waals surface area contributed by atoms with Crippen LogP contribution in [0.5, 0.6) is 0 Å². The molecule has 0 radical (unpaired) electrons. The summed E-state index contributed by atoms with van der Waals surface area (Å²) in [5.74, 6) is 0.441. The summed E-state index contributed by atoms with van der Waals surface area (Å²) in [7, 11) is 0. The number of amides is 1. The van der Waals surface area contributed by atoms with E-state index >= 15 is 0 Å². The highest BCUT2D eigenvalue weighted by molar-refractivity contribution is 6.07. The van der Waals surface area contributed by atoms with E-state index in [9.17, 15) is 9.59 Å². The predicted octanol–water partition coefficient (Wildman–Crippen LogP) is 4.16. The van der Waals surface area contributed by atoms with Crippen molar-refractivity contribution < 1.29 is 14.0 Å². The van der Waals surface area contributed by atoms with Crippen LogP contribution in [0, 0.1) is 5.41 Å². The number of benzene rings is 1. The van der Waals surface area contributed by atoms with Gasteiger partial charge in [0.2, 0.25) is 5.91 Å². The van der Waals surface area contributed by atoms with Gasteiger partial charge in [0.1, 0.15) is 5.76 Å². The molecule has 2 rings (SSSR count). The third-order valence-corrected chi connectivity index (χ3v) is 3.05. The van der Waals surface area contributed by atoms with E-state index in [1.165, 1.54) is 6.08 Å². The average molecular weight is 297 g/mol. The molecule has 0 aliphatic heterocycles. The number of allylic oxidation sites excluding steroid dienone is 1. The molecule has 2 aromatic rings. The molecule has 4 nitrogen and oxygen atoms in total. The Labute approximate surface area is 129 Å². The molecule has 0 fully saturated rings. The summed E-state index contributed by atoms with van der Waals surface area (Å²) in [5.41, 5.74) is 0.767. The van der Waals surface area contributed by atoms with Crippen LogP contribution in [0.2, 0.25) is 0 Å². The molecule has 114 valence electrons. The fourth-order valence-corrected chi connectivity index (χ4v) is 1.68. The second-order valence-corrected chi connectivity index (χ2v) is 5.99. The highest BCUT2D eigenvalue weighted by Gasteiger charge is 2.21. The predicted molar refractivity (Wildman–Crippen MR) is 86.6 cm³/mol. The lowest BCUT2D eigenvalue weighted by molar-refractivity contribution is -0.123. The summed E-state index contributed by atoms with van der Waals surface area (Å²) in [6, 6.07) is 10.3. The topological polar surface area (TPSA) is 59.3 Å². The van der Waals surface area contributed by atoms with Crippen LogP contribution in [-0.2, 0) is 4.79 Å². The van der Waals surface area contributed by atoms with E-state index in [0.29, 0.717) is 17.0 Å². The Morgan fingerprint density at radius 3 is 2.32 bits per heavy atom. The van der Waals surface area contributed by atoms with E-state index in [0.717, 1.165) is 0 Å². The highest BCUT2D eigenvalue weighted by Crippen LogP contribution is 2.18. The van der Waals surface area contributed by atoms with Gasteiger partial charge in [0.25, 0.3) is 0 Å². The minimum Gasteiger partial charge on any atom is -0.465 e. The van der Waals surface area contributed by atoms with Gasteiger partial charge in [0.15, 0.2) is 5.78 Å². The molecule has 1 aromatic heterocycles. The number of hydrogen-bond donors (Lipinski definition) is 1. The number of hydrogen-bond acceptors (Lipinski definition) is 3. The van der Waals surface area contributed by atoms with Gasteiger partial charge in [-0.3, -0.25) is 9.59 Å². The SMILES string of the molecule is CC(C)(C)C(=O)Nc1ccc(C(=O)/C=C/c2ccco2)cc1. The summed E-state index contributed by atoms with van der Waals surface area (Å²) in [4.78, 5) is 23.9. The molecule has 1 N–H and O–H groups in total. The molecule has 0 atom stereocenters. The van der Waals surface area contributed by atoms with E-state index in [-0.39, 0.29) is 11.7 Å². The third kappa shape index (κ3) is 4.19. The first-order valence-corrected chi connectivity index (χ1v) is 7.04. The van der Waals surface area contributed by atoms with E-state index in [4.69, 9.17) is 4.42 Å². The second-order valence-electron chi connectivity index (χ2n) is 5.99. The zero-order chi connectivity index (χ0) is 16.2. The molecule has 0 bridgehead atoms. The van der Waals surface area contributed by atoms with Crippen LogP contribution in [0.25, 0.3) is 6.08 Å². The first kappa shape index (κ1) is 15.8. The van der Waals surface area contributed by atoms with Crippen molar-refractivity contribution in [1.82, 2.24) is 0 Å². The summed E-state index contributed by atoms with van der Waals surface area (Å²) in [6.07, 6.45) is 4.63. The first-order chi connectivity index (χ1) is 10.4. The van der Waals surface area contributed by atoms with Crippen LogP contribution >= 0.6 is 0 Å². The molecule has 4 heteroatoms. The lowest BCUT2D eigenvalue weighted by Gasteiger charge is -2.17. The van der Waals surface area contributed by atoms with E-state index in [2.05, 4.69) is 5.32 Å². The Bertz CT molecular complexity index is 674. The Morgan fingerprint density at radius 2 is 1.77 bits per heavy atom. The normalized spacial score (nSPS) is 11.6. The third-order valence-electron chi connectivity index (χ3n) is 3.05. The van der Waals surface area contributed by atoms with Crippen molar-refractivity contribution in [3.63, 3.8) is 0 Å². The van der Waals surface area contributed by atoms with Crippen LogP contribution < -0.4 is 5.32 Å². The molecular weight excluding hydrogens is 278 g/mol. The smallest absolute Gasteiger partial charge is 0.229 e. The van der Waals surface area contributed by atoms with E-state index in [1.807, 2.05) is 20.8 Å². The van der Waals surface area contributed by atoms with Crippen LogP contribution in [0.3, 0.4) is 0 Å². The lowest BCUT2D eigenvalue weighted by Crippen LogP contribution is -2.27. The number of carbonyl (C=O) groups is 2. The molecule has 0 aliphatic carbocycles. The van der Waals surface area contributed by atoms with Crippen LogP contribution in [0.1, 0.15) is 36.9 Å². The number of anilines is 1. The maximum atomic E-state index is 12.0. The number of carbonyl (C=O) groups excluding carboxylic acids is 2. The lowest BCUT2D eigenvalue weighted by atomic mass is 9.95. The van der Waals surface area contributed by atoms with Gasteiger partial charge in [0, 0.05) is 16.7 Å². The van der Waals surface area contributed by atoms with Crippen LogP contribution in [0.15, 0.2) is 53.2 Å². The number of rotatable bonds is 4. The van der Waals surface area contributed by atoms with Gasteiger partial charge < -0.3 is 9.73 Å². The van der Waals surface area contributed by atoms with Crippen LogP contribution in [0.4, 0.5) is 5.69 Å². The van der Waals surface area contributed by atoms with Gasteiger partial charge >= 0.3 is 0 Å². The van der Waals surface area contributed by atoms with Gasteiger partial charge in [-0.1, -0.05) is 20.8 Å². The maximum absolute atomic E-state index is 12.0. The van der Waals surface area contributed by atoms with Crippen molar-refractivity contribution in [2.75, 3.05) is 5.32 Å². The van der Waals surface area contributed by atoms with Gasteiger partial charge in [-0.2, -0.15) is 0 Å². The first-order valence-electron chi connectivity index (χ1n) is 7.04. The van der Waals surface area contributed by atoms with Crippen molar-refractivity contribution in [2.24, 2.45) is 5.41 Å². The summed E-state index contributed by atoms with van der Waals surface area (Å²) in [6.45, 7) is 5.54. The second kappa shape index (κ2) is 6.43. The quantitative estimate of drug-likeness (QED) is 0.681. The van der Waals surface area contributed by atoms with Crippen molar-refractivity contribution in [2.45, 2.75) is 20.8 Å². The fourth-order valence-electron chi connectivity index (χ4n) is 1.68. The molecule has 1 heterocycles. The molecule has 0 saturated carbocycles. The van der Waals surface area contributed by atoms with E-state index < -0.39 is 5.41 Å². The largest absolute Gasteiger partial charge is 0.465 e. The molecule has 0 spiro atoms. The van der Waals surface area contributed by atoms with Gasteiger partial charge in [-0.15, -0.1) is 0 Å². The van der Waals surface area contributed by atoms with Crippen molar-refractivity contribution >= 4 is 23.5 Å². The number of nitrogens with one attached hydrogen (secondary N) is 1. The summed E-state index contributed by atoms with van der Waals surface area (Å²) in [5, 5.41) is 2.82. The fraction of sp³-hybridized carbons (Fsp3) is 0.222. The van der Waals surface area contributed by atoms with Crippen LogP contribution in [-0.4, -0.2) is 11.7 Å². The van der Waals surface area contributed by atoms with Crippen molar-refractivity contribution in [1.29, 1.82) is 0 Å². The van der Waals surface area contributed by atoms with Gasteiger partial charge in [0.05, 0.1) is 6.26 Å². The monoisotopic (exact) mass is 297 g/mol. The minimum atomic E-state index is -0.458. The summed E-state index contributed by atoms with van der Waals surface area (Å²) >= 11 is 0. The molecule has 1 aromatic carbocycles. The zero-order valence-electron chi connectivity index (χ0n) is 12.9. The Hall–Kier alpha value is -2.62. The van der Waals surface area contributed by atoms with Crippen molar-refractivity contribution in [3.8, 4) is 0 Å². The van der Waals surface area contributed by atoms with Gasteiger partial charge in [-0.05, 0) is 48.6 Å². The molecule has 0 unspecified atom stereocenters. The number of ketones is 1. The Morgan fingerprint density at radius 1 is 1.09 bits per heavy atom. The molecule has 0 saturated heterocycles. The Balaban J connectivity index is 2.02. The Kier molecular flexibility index (Phi) is 4.61. The standard InChI is InChI=1S/C18H19NO3/c1-18(2,3)17(21)19-14-8-6-13(7-9-14)16(20)11-10-15-5-4-12-22-15/h4-12H,1-3H3,(H,19,21)/b11-10+. The molecule has 1 amide bonds. The molecular formula is C18H19NO3. The van der Waals surface area contributed by atoms with E-state index in [1.54, 1.807) is 48.7 Å². The molecule has 22 heavy (non-hydrogen) atoms. The van der Waals surface area contributed by atoms with Gasteiger partial charge in [-0.25, -0.2) is 0 Å². The van der Waals surface area contributed by atoms with Crippen molar-refractivity contribution in [3.05, 3.63) is 60.1 Å². The average Bonchev–Trinajstić information content (AvgIpc) is 2.98. The highest BCUT2D eigenvalue weighted by atomic mass is 16.3. The summed E-state index contributed by atoms with van der Waals surface area (Å²) < 4.78 is 5.13. The number of furan rings is 1. The minimum absolute atomic E-state index is 0.0655. The zero-order valence-corrected chi connectivity index (χ0v) is 12.9.